The van der Waals surface area contributed by atoms with E-state index in [4.69, 9.17) is 0 Å². The highest BCUT2D eigenvalue weighted by Gasteiger charge is 2.21. The maximum atomic E-state index is 13.6. The van der Waals surface area contributed by atoms with Crippen molar-refractivity contribution in [2.45, 2.75) is 32.4 Å². The molecule has 1 aliphatic rings. The van der Waals surface area contributed by atoms with Gasteiger partial charge in [-0.1, -0.05) is 31.5 Å². The molecule has 1 unspecified atom stereocenters. The molecular weight excluding hydrogens is 251 g/mol. The van der Waals surface area contributed by atoms with Crippen molar-refractivity contribution in [3.8, 4) is 0 Å². The van der Waals surface area contributed by atoms with Gasteiger partial charge in [0.1, 0.15) is 5.82 Å². The predicted octanol–water partition coefficient (Wildman–Crippen LogP) is 2.82. The highest BCUT2D eigenvalue weighted by Crippen LogP contribution is 2.15. The summed E-state index contributed by atoms with van der Waals surface area (Å²) < 4.78 is 13.6. The van der Waals surface area contributed by atoms with E-state index in [0.29, 0.717) is 6.04 Å². The number of hydrogen-bond donors (Lipinski definition) is 1. The van der Waals surface area contributed by atoms with Crippen molar-refractivity contribution in [3.05, 3.63) is 35.6 Å². The molecule has 0 aliphatic carbocycles. The van der Waals surface area contributed by atoms with Crippen molar-refractivity contribution >= 4 is 12.4 Å². The van der Waals surface area contributed by atoms with Crippen LogP contribution in [0.3, 0.4) is 0 Å². The maximum Gasteiger partial charge on any atom is 0.127 e. The normalized spacial score (nSPS) is 20.4. The van der Waals surface area contributed by atoms with Gasteiger partial charge >= 0.3 is 0 Å². The fraction of sp³-hybridized carbons (Fsp3) is 0.571. The van der Waals surface area contributed by atoms with Gasteiger partial charge in [-0.15, -0.1) is 12.4 Å². The summed E-state index contributed by atoms with van der Waals surface area (Å²) in [5.41, 5.74) is 0.815. The molecule has 0 bridgehead atoms. The molecule has 1 N–H and O–H groups in total. The van der Waals surface area contributed by atoms with Crippen LogP contribution in [0.4, 0.5) is 4.39 Å². The first-order chi connectivity index (χ1) is 8.31. The molecule has 4 heteroatoms. The topological polar surface area (TPSA) is 15.3 Å². The summed E-state index contributed by atoms with van der Waals surface area (Å²) in [7, 11) is 0. The first kappa shape index (κ1) is 15.4. The molecule has 1 aromatic carbocycles. The van der Waals surface area contributed by atoms with Crippen LogP contribution in [0.2, 0.25) is 0 Å². The molecule has 1 atom stereocenters. The predicted molar refractivity (Wildman–Crippen MR) is 75.6 cm³/mol. The minimum absolute atomic E-state index is 0. The van der Waals surface area contributed by atoms with Crippen molar-refractivity contribution in [3.63, 3.8) is 0 Å². The van der Waals surface area contributed by atoms with E-state index in [0.717, 1.165) is 31.7 Å². The molecule has 18 heavy (non-hydrogen) atoms. The largest absolute Gasteiger partial charge is 0.314 e. The smallest absolute Gasteiger partial charge is 0.127 e. The molecule has 2 nitrogen and oxygen atoms in total. The minimum atomic E-state index is -0.0821. The van der Waals surface area contributed by atoms with Crippen LogP contribution in [0.25, 0.3) is 0 Å². The Morgan fingerprint density at radius 3 is 2.89 bits per heavy atom. The fourth-order valence-corrected chi connectivity index (χ4v) is 2.47. The number of halogens is 2. The van der Waals surface area contributed by atoms with Crippen LogP contribution >= 0.6 is 12.4 Å². The third kappa shape index (κ3) is 3.94. The summed E-state index contributed by atoms with van der Waals surface area (Å²) in [5.74, 6) is -0.0821. The Hall–Kier alpha value is -0.640. The van der Waals surface area contributed by atoms with Gasteiger partial charge in [-0.25, -0.2) is 4.39 Å². The van der Waals surface area contributed by atoms with Gasteiger partial charge in [-0.05, 0) is 12.5 Å². The minimum Gasteiger partial charge on any atom is -0.314 e. The molecule has 0 spiro atoms. The maximum absolute atomic E-state index is 13.6. The average Bonchev–Trinajstić information content (AvgIpc) is 2.35. The summed E-state index contributed by atoms with van der Waals surface area (Å²) in [6.45, 7) is 5.99. The Kier molecular flexibility index (Phi) is 6.61. The van der Waals surface area contributed by atoms with Gasteiger partial charge in [0.2, 0.25) is 0 Å². The molecule has 1 fully saturated rings. The third-order valence-electron chi connectivity index (χ3n) is 3.43. The molecule has 0 aromatic heterocycles. The van der Waals surface area contributed by atoms with Crippen LogP contribution in [0.1, 0.15) is 25.3 Å². The summed E-state index contributed by atoms with van der Waals surface area (Å²) in [5, 5.41) is 3.41. The first-order valence-electron chi connectivity index (χ1n) is 6.49. The quantitative estimate of drug-likeness (QED) is 0.907. The van der Waals surface area contributed by atoms with Gasteiger partial charge in [0.05, 0.1) is 0 Å². The molecule has 1 saturated heterocycles. The average molecular weight is 273 g/mol. The lowest BCUT2D eigenvalue weighted by Gasteiger charge is -2.36. The summed E-state index contributed by atoms with van der Waals surface area (Å²) in [6.07, 6.45) is 2.36. The van der Waals surface area contributed by atoms with Crippen LogP contribution in [0.15, 0.2) is 24.3 Å². The monoisotopic (exact) mass is 272 g/mol. The van der Waals surface area contributed by atoms with Gasteiger partial charge in [0, 0.05) is 37.8 Å². The van der Waals surface area contributed by atoms with E-state index in [-0.39, 0.29) is 18.2 Å². The first-order valence-corrected chi connectivity index (χ1v) is 6.49. The van der Waals surface area contributed by atoms with E-state index in [1.165, 1.54) is 12.8 Å². The lowest BCUT2D eigenvalue weighted by atomic mass is 10.1. The zero-order chi connectivity index (χ0) is 12.1. The standard InChI is InChI=1S/C14H21FN2.ClH/c1-2-5-13-10-16-8-9-17(13)11-12-6-3-4-7-14(12)15;/h3-4,6-7,13,16H,2,5,8-11H2,1H3;1H. The van der Waals surface area contributed by atoms with Crippen molar-refractivity contribution in [2.75, 3.05) is 19.6 Å². The van der Waals surface area contributed by atoms with E-state index in [1.54, 1.807) is 12.1 Å². The summed E-state index contributed by atoms with van der Waals surface area (Å²) in [4.78, 5) is 2.40. The lowest BCUT2D eigenvalue weighted by molar-refractivity contribution is 0.143. The third-order valence-corrected chi connectivity index (χ3v) is 3.43. The van der Waals surface area contributed by atoms with Crippen LogP contribution in [0.5, 0.6) is 0 Å². The molecule has 0 amide bonds. The van der Waals surface area contributed by atoms with Crippen molar-refractivity contribution in [2.24, 2.45) is 0 Å². The Labute approximate surface area is 115 Å². The summed E-state index contributed by atoms with van der Waals surface area (Å²) >= 11 is 0. The number of rotatable bonds is 4. The van der Waals surface area contributed by atoms with E-state index < -0.39 is 0 Å². The highest BCUT2D eigenvalue weighted by atomic mass is 35.5. The van der Waals surface area contributed by atoms with Crippen molar-refractivity contribution < 1.29 is 4.39 Å². The molecule has 0 radical (unpaired) electrons. The molecule has 102 valence electrons. The van der Waals surface area contributed by atoms with Gasteiger partial charge in [0.25, 0.3) is 0 Å². The zero-order valence-electron chi connectivity index (χ0n) is 10.9. The molecule has 1 heterocycles. The number of benzene rings is 1. The summed E-state index contributed by atoms with van der Waals surface area (Å²) in [6, 6.07) is 7.65. The van der Waals surface area contributed by atoms with E-state index in [9.17, 15) is 4.39 Å². The van der Waals surface area contributed by atoms with E-state index in [1.807, 2.05) is 12.1 Å². The Balaban J connectivity index is 0.00000162. The van der Waals surface area contributed by atoms with Crippen LogP contribution in [0, 0.1) is 5.82 Å². The van der Waals surface area contributed by atoms with Crippen LogP contribution < -0.4 is 5.32 Å². The Bertz CT molecular complexity index is 357. The number of hydrogen-bond acceptors (Lipinski definition) is 2. The number of nitrogens with one attached hydrogen (secondary N) is 1. The van der Waals surface area contributed by atoms with Crippen LogP contribution in [-0.4, -0.2) is 30.6 Å². The van der Waals surface area contributed by atoms with Crippen molar-refractivity contribution in [1.29, 1.82) is 0 Å². The second-order valence-electron chi connectivity index (χ2n) is 4.71. The van der Waals surface area contributed by atoms with Gasteiger partial charge in [0.15, 0.2) is 0 Å². The molecule has 1 aliphatic heterocycles. The highest BCUT2D eigenvalue weighted by molar-refractivity contribution is 5.85. The Morgan fingerprint density at radius 2 is 2.17 bits per heavy atom. The fourth-order valence-electron chi connectivity index (χ4n) is 2.47. The van der Waals surface area contributed by atoms with E-state index >= 15 is 0 Å². The lowest BCUT2D eigenvalue weighted by Crippen LogP contribution is -2.50. The number of nitrogens with zero attached hydrogens (tertiary/aromatic N) is 1. The van der Waals surface area contributed by atoms with Gasteiger partial charge in [-0.2, -0.15) is 0 Å². The molecule has 1 aromatic rings. The van der Waals surface area contributed by atoms with Gasteiger partial charge < -0.3 is 5.32 Å². The number of piperazine rings is 1. The van der Waals surface area contributed by atoms with E-state index in [2.05, 4.69) is 17.1 Å². The second kappa shape index (κ2) is 7.72. The molecule has 2 rings (SSSR count). The Morgan fingerprint density at radius 1 is 1.39 bits per heavy atom. The molecular formula is C14H22ClFN2. The second-order valence-corrected chi connectivity index (χ2v) is 4.71. The molecule has 0 saturated carbocycles. The van der Waals surface area contributed by atoms with Gasteiger partial charge in [-0.3, -0.25) is 4.90 Å². The van der Waals surface area contributed by atoms with Crippen LogP contribution in [-0.2, 0) is 6.54 Å². The zero-order valence-corrected chi connectivity index (χ0v) is 11.7. The van der Waals surface area contributed by atoms with Crippen molar-refractivity contribution in [1.82, 2.24) is 10.2 Å². The SMILES string of the molecule is CCCC1CNCCN1Cc1ccccc1F.Cl.